The Morgan fingerprint density at radius 1 is 1.56 bits per heavy atom. The number of rotatable bonds is 6. The Morgan fingerprint density at radius 2 is 2.28 bits per heavy atom. The van der Waals surface area contributed by atoms with Crippen LogP contribution in [0.5, 0.6) is 5.75 Å². The van der Waals surface area contributed by atoms with Gasteiger partial charge < -0.3 is 14.7 Å². The molecule has 1 aliphatic rings. The van der Waals surface area contributed by atoms with E-state index in [1.165, 1.54) is 13.2 Å². The van der Waals surface area contributed by atoms with Gasteiger partial charge in [-0.25, -0.2) is 0 Å². The summed E-state index contributed by atoms with van der Waals surface area (Å²) < 4.78 is 5.11. The van der Waals surface area contributed by atoms with E-state index in [0.29, 0.717) is 24.0 Å². The lowest BCUT2D eigenvalue weighted by molar-refractivity contribution is -0.384. The highest BCUT2D eigenvalue weighted by Gasteiger charge is 2.32. The first kappa shape index (κ1) is 12.6. The zero-order chi connectivity index (χ0) is 13.1. The van der Waals surface area contributed by atoms with Crippen molar-refractivity contribution in [2.75, 3.05) is 25.2 Å². The van der Waals surface area contributed by atoms with Crippen LogP contribution < -0.4 is 9.64 Å². The maximum atomic E-state index is 11.0. The Bertz CT molecular complexity index is 446. The van der Waals surface area contributed by atoms with Gasteiger partial charge in [0.05, 0.1) is 18.6 Å². The van der Waals surface area contributed by atoms with Gasteiger partial charge in [0.1, 0.15) is 11.4 Å². The third-order valence-corrected chi connectivity index (χ3v) is 3.02. The number of nitro groups is 1. The molecule has 0 atom stereocenters. The molecule has 1 N–H and O–H groups in total. The van der Waals surface area contributed by atoms with Crippen LogP contribution in [0.1, 0.15) is 12.8 Å². The zero-order valence-electron chi connectivity index (χ0n) is 10.2. The van der Waals surface area contributed by atoms with Crippen molar-refractivity contribution in [2.24, 2.45) is 0 Å². The summed E-state index contributed by atoms with van der Waals surface area (Å²) in [5.74, 6) is 0.583. The Labute approximate surface area is 105 Å². The van der Waals surface area contributed by atoms with E-state index in [4.69, 9.17) is 9.84 Å². The van der Waals surface area contributed by atoms with Crippen molar-refractivity contribution in [1.29, 1.82) is 0 Å². The maximum Gasteiger partial charge on any atom is 0.292 e. The van der Waals surface area contributed by atoms with Gasteiger partial charge in [0, 0.05) is 24.7 Å². The number of hydrogen-bond donors (Lipinski definition) is 1. The van der Waals surface area contributed by atoms with Crippen molar-refractivity contribution in [2.45, 2.75) is 18.9 Å². The topological polar surface area (TPSA) is 75.8 Å². The van der Waals surface area contributed by atoms with E-state index < -0.39 is 4.92 Å². The minimum Gasteiger partial charge on any atom is -0.497 e. The predicted octanol–water partition coefficient (Wildman–Crippen LogP) is 1.56. The highest BCUT2D eigenvalue weighted by molar-refractivity contribution is 5.67. The first-order valence-corrected chi connectivity index (χ1v) is 5.87. The molecule has 1 aliphatic carbocycles. The third kappa shape index (κ3) is 2.53. The van der Waals surface area contributed by atoms with Crippen molar-refractivity contribution >= 4 is 11.4 Å². The second-order valence-corrected chi connectivity index (χ2v) is 4.26. The summed E-state index contributed by atoms with van der Waals surface area (Å²) in [5, 5.41) is 20.1. The van der Waals surface area contributed by atoms with E-state index >= 15 is 0 Å². The van der Waals surface area contributed by atoms with E-state index in [1.54, 1.807) is 12.1 Å². The lowest BCUT2D eigenvalue weighted by atomic mass is 10.2. The fourth-order valence-corrected chi connectivity index (χ4v) is 2.01. The Kier molecular flexibility index (Phi) is 3.66. The predicted molar refractivity (Wildman–Crippen MR) is 67.1 cm³/mol. The second kappa shape index (κ2) is 5.22. The average molecular weight is 252 g/mol. The van der Waals surface area contributed by atoms with E-state index in [2.05, 4.69) is 0 Å². The quantitative estimate of drug-likeness (QED) is 0.614. The Hall–Kier alpha value is -1.82. The smallest absolute Gasteiger partial charge is 0.292 e. The highest BCUT2D eigenvalue weighted by Crippen LogP contribution is 2.38. The van der Waals surface area contributed by atoms with Gasteiger partial charge in [0.25, 0.3) is 5.69 Å². The molecule has 0 unspecified atom stereocenters. The van der Waals surface area contributed by atoms with Crippen LogP contribution in [-0.2, 0) is 0 Å². The van der Waals surface area contributed by atoms with Gasteiger partial charge >= 0.3 is 0 Å². The van der Waals surface area contributed by atoms with Crippen LogP contribution >= 0.6 is 0 Å². The minimum absolute atomic E-state index is 0.0230. The summed E-state index contributed by atoms with van der Waals surface area (Å²) in [4.78, 5) is 12.5. The maximum absolute atomic E-state index is 11.0. The van der Waals surface area contributed by atoms with E-state index in [-0.39, 0.29) is 12.3 Å². The van der Waals surface area contributed by atoms with Gasteiger partial charge in [0.15, 0.2) is 0 Å². The number of aliphatic hydroxyl groups excluding tert-OH is 1. The van der Waals surface area contributed by atoms with E-state index in [1.807, 2.05) is 4.90 Å². The number of methoxy groups -OCH3 is 1. The number of ether oxygens (including phenoxy) is 1. The number of anilines is 1. The van der Waals surface area contributed by atoms with Crippen LogP contribution in [0.2, 0.25) is 0 Å². The molecule has 0 aliphatic heterocycles. The van der Waals surface area contributed by atoms with Crippen molar-refractivity contribution in [3.8, 4) is 5.75 Å². The summed E-state index contributed by atoms with van der Waals surface area (Å²) >= 11 is 0. The van der Waals surface area contributed by atoms with Gasteiger partial charge in [-0.1, -0.05) is 0 Å². The van der Waals surface area contributed by atoms with Crippen LogP contribution in [0.15, 0.2) is 18.2 Å². The SMILES string of the molecule is COc1ccc([N+](=O)[O-])c(N(CCO)C2CC2)c1. The summed E-state index contributed by atoms with van der Waals surface area (Å²) in [5.41, 5.74) is 0.576. The van der Waals surface area contributed by atoms with Gasteiger partial charge in [-0.2, -0.15) is 0 Å². The first-order valence-electron chi connectivity index (χ1n) is 5.87. The lowest BCUT2D eigenvalue weighted by Gasteiger charge is -2.23. The van der Waals surface area contributed by atoms with Gasteiger partial charge in [-0.15, -0.1) is 0 Å². The molecule has 0 amide bonds. The van der Waals surface area contributed by atoms with Gasteiger partial charge in [0.2, 0.25) is 0 Å². The molecule has 0 saturated heterocycles. The fourth-order valence-electron chi connectivity index (χ4n) is 2.01. The number of aliphatic hydroxyl groups is 1. The molecular formula is C12H16N2O4. The standard InChI is InChI=1S/C12H16N2O4/c1-18-10-4-5-11(14(16)17)12(8-10)13(6-7-15)9-2-3-9/h4-5,8-9,15H,2-3,6-7H2,1H3. The Morgan fingerprint density at radius 3 is 2.78 bits per heavy atom. The molecule has 98 valence electrons. The molecule has 2 rings (SSSR count). The molecule has 0 spiro atoms. The molecule has 1 aromatic rings. The van der Waals surface area contributed by atoms with Crippen LogP contribution in [0, 0.1) is 10.1 Å². The van der Waals surface area contributed by atoms with E-state index in [9.17, 15) is 10.1 Å². The molecule has 1 fully saturated rings. The fraction of sp³-hybridized carbons (Fsp3) is 0.500. The Balaban J connectivity index is 2.40. The molecule has 0 radical (unpaired) electrons. The minimum atomic E-state index is -0.401. The number of nitrogens with zero attached hydrogens (tertiary/aromatic N) is 2. The molecule has 6 nitrogen and oxygen atoms in total. The summed E-state index contributed by atoms with van der Waals surface area (Å²) in [6.45, 7) is 0.379. The largest absolute Gasteiger partial charge is 0.497 e. The van der Waals surface area contributed by atoms with Gasteiger partial charge in [-0.05, 0) is 18.9 Å². The number of benzene rings is 1. The van der Waals surface area contributed by atoms with Crippen molar-refractivity contribution < 1.29 is 14.8 Å². The van der Waals surface area contributed by atoms with Crippen LogP contribution in [0.4, 0.5) is 11.4 Å². The molecule has 1 aromatic carbocycles. The number of nitro benzene ring substituents is 1. The summed E-state index contributed by atoms with van der Waals surface area (Å²) in [6.07, 6.45) is 2.02. The van der Waals surface area contributed by atoms with Crippen molar-refractivity contribution in [3.05, 3.63) is 28.3 Å². The molecular weight excluding hydrogens is 236 g/mol. The normalized spacial score (nSPS) is 14.3. The van der Waals surface area contributed by atoms with Crippen molar-refractivity contribution in [1.82, 2.24) is 0 Å². The lowest BCUT2D eigenvalue weighted by Crippen LogP contribution is -2.29. The molecule has 0 aromatic heterocycles. The first-order chi connectivity index (χ1) is 8.67. The summed E-state index contributed by atoms with van der Waals surface area (Å²) in [7, 11) is 1.53. The molecule has 1 saturated carbocycles. The van der Waals surface area contributed by atoms with Gasteiger partial charge in [-0.3, -0.25) is 10.1 Å². The summed E-state index contributed by atoms with van der Waals surface area (Å²) in [6, 6.07) is 4.97. The van der Waals surface area contributed by atoms with Crippen LogP contribution in [0.3, 0.4) is 0 Å². The third-order valence-electron chi connectivity index (χ3n) is 3.02. The molecule has 0 heterocycles. The zero-order valence-corrected chi connectivity index (χ0v) is 10.2. The second-order valence-electron chi connectivity index (χ2n) is 4.26. The van der Waals surface area contributed by atoms with Crippen LogP contribution in [0.25, 0.3) is 0 Å². The molecule has 0 bridgehead atoms. The molecule has 6 heteroatoms. The van der Waals surface area contributed by atoms with E-state index in [0.717, 1.165) is 12.8 Å². The van der Waals surface area contributed by atoms with Crippen molar-refractivity contribution in [3.63, 3.8) is 0 Å². The number of hydrogen-bond acceptors (Lipinski definition) is 5. The highest BCUT2D eigenvalue weighted by atomic mass is 16.6. The van der Waals surface area contributed by atoms with Crippen LogP contribution in [-0.4, -0.2) is 36.3 Å². The monoisotopic (exact) mass is 252 g/mol. The average Bonchev–Trinajstić information content (AvgIpc) is 3.19. The molecule has 18 heavy (non-hydrogen) atoms.